The number of nitrogens with zero attached hydrogens (tertiary/aromatic N) is 2. The van der Waals surface area contributed by atoms with Crippen LogP contribution in [-0.4, -0.2) is 37.5 Å². The Labute approximate surface area is 228 Å². The maximum Gasteiger partial charge on any atom is 0.348 e. The minimum atomic E-state index is -2.97. The van der Waals surface area contributed by atoms with Gasteiger partial charge in [0.1, 0.15) is 4.88 Å². The van der Waals surface area contributed by atoms with Crippen LogP contribution in [0.2, 0.25) is 0 Å². The molecule has 0 bridgehead atoms. The molecule has 1 aliphatic heterocycles. The van der Waals surface area contributed by atoms with E-state index in [4.69, 9.17) is 0 Å². The molecule has 38 heavy (non-hydrogen) atoms. The second-order valence-electron chi connectivity index (χ2n) is 10.2. The molecule has 0 unspecified atom stereocenters. The Bertz CT molecular complexity index is 1370. The molecule has 0 spiro atoms. The lowest BCUT2D eigenvalue weighted by Gasteiger charge is -2.46. The van der Waals surface area contributed by atoms with Crippen LogP contribution in [-0.2, 0) is 15.7 Å². The zero-order valence-electron chi connectivity index (χ0n) is 21.3. The monoisotopic (exact) mass is 552 g/mol. The van der Waals surface area contributed by atoms with Crippen LogP contribution >= 0.6 is 11.3 Å². The van der Waals surface area contributed by atoms with E-state index in [1.807, 2.05) is 55.5 Å². The highest BCUT2D eigenvalue weighted by Gasteiger charge is 2.43. The van der Waals surface area contributed by atoms with Gasteiger partial charge in [-0.15, -0.1) is 11.3 Å². The number of carboxylic acid groups (broad SMARTS) is 1. The summed E-state index contributed by atoms with van der Waals surface area (Å²) >= 11 is 1.17. The number of benzene rings is 2. The molecule has 200 valence electrons. The maximum atomic E-state index is 13.9. The topological polar surface area (TPSA) is 95.0 Å². The highest BCUT2D eigenvalue weighted by atomic mass is 32.2. The van der Waals surface area contributed by atoms with Crippen molar-refractivity contribution in [2.24, 2.45) is 5.92 Å². The van der Waals surface area contributed by atoms with Crippen molar-refractivity contribution in [2.45, 2.75) is 64.0 Å². The number of aromatic carboxylic acids is 1. The first-order valence-electron chi connectivity index (χ1n) is 13.1. The van der Waals surface area contributed by atoms with Gasteiger partial charge >= 0.3 is 5.97 Å². The van der Waals surface area contributed by atoms with Crippen molar-refractivity contribution in [3.8, 4) is 10.4 Å². The van der Waals surface area contributed by atoms with Crippen LogP contribution < -0.4 is 9.21 Å². The number of piperidine rings is 1. The smallest absolute Gasteiger partial charge is 0.348 e. The number of anilines is 2. The fourth-order valence-corrected chi connectivity index (χ4v) is 7.73. The summed E-state index contributed by atoms with van der Waals surface area (Å²) in [5, 5.41) is 10.1. The molecule has 1 amide bonds. The van der Waals surface area contributed by atoms with Gasteiger partial charge in [0.25, 0.3) is 0 Å². The Morgan fingerprint density at radius 3 is 2.34 bits per heavy atom. The highest BCUT2D eigenvalue weighted by molar-refractivity contribution is 7.74. The van der Waals surface area contributed by atoms with E-state index < -0.39 is 22.9 Å². The quantitative estimate of drug-likeness (QED) is 0.356. The first kappa shape index (κ1) is 26.4. The van der Waals surface area contributed by atoms with Gasteiger partial charge in [-0.1, -0.05) is 67.3 Å². The van der Waals surface area contributed by atoms with Gasteiger partial charge in [-0.3, -0.25) is 9.10 Å². The summed E-state index contributed by atoms with van der Waals surface area (Å²) in [4.78, 5) is 28.9. The fraction of sp³-hybridized carbons (Fsp3) is 0.379. The van der Waals surface area contributed by atoms with Gasteiger partial charge < -0.3 is 10.0 Å². The van der Waals surface area contributed by atoms with E-state index in [1.165, 1.54) is 15.6 Å². The average molecular weight is 553 g/mol. The van der Waals surface area contributed by atoms with E-state index >= 15 is 0 Å². The van der Waals surface area contributed by atoms with Gasteiger partial charge in [0.05, 0.1) is 17.4 Å². The minimum absolute atomic E-state index is 0.00398. The fourth-order valence-electron chi connectivity index (χ4n) is 5.97. The minimum Gasteiger partial charge on any atom is -0.477 e. The van der Waals surface area contributed by atoms with Crippen molar-refractivity contribution in [3.05, 3.63) is 71.1 Å². The number of rotatable bonds is 7. The number of hydrogen-bond acceptors (Lipinski definition) is 5. The van der Waals surface area contributed by atoms with Gasteiger partial charge in [0.15, 0.2) is 0 Å². The van der Waals surface area contributed by atoms with Gasteiger partial charge in [0.2, 0.25) is 16.8 Å². The third-order valence-corrected chi connectivity index (χ3v) is 9.83. The Morgan fingerprint density at radius 2 is 1.71 bits per heavy atom. The summed E-state index contributed by atoms with van der Waals surface area (Å²) < 4.78 is 26.3. The standard InChI is InChI=1S/C29H32N2O5S2/c1-19-12-14-22(15-13-19)31(38(35)36)23-16-24(20-8-4-2-5-9-20)30(27(32)17-23)25-18-26(37-28(25)29(33)34)21-10-6-3-7-11-21/h3,6-7,10-15,18,20,23-24,38H,2,4-5,8-9,16-17H2,1H3,(H,33,34)/t23-,24+/m1/s1. The Kier molecular flexibility index (Phi) is 7.85. The summed E-state index contributed by atoms with van der Waals surface area (Å²) in [5.74, 6) is -1.11. The van der Waals surface area contributed by atoms with Crippen LogP contribution in [0.25, 0.3) is 10.4 Å². The largest absolute Gasteiger partial charge is 0.477 e. The van der Waals surface area contributed by atoms with Gasteiger partial charge in [-0.05, 0) is 55.9 Å². The van der Waals surface area contributed by atoms with Gasteiger partial charge in [-0.2, -0.15) is 0 Å². The lowest BCUT2D eigenvalue weighted by molar-refractivity contribution is -0.121. The van der Waals surface area contributed by atoms with Crippen molar-refractivity contribution in [1.82, 2.24) is 0 Å². The molecule has 7 nitrogen and oxygen atoms in total. The molecule has 1 saturated heterocycles. The molecule has 0 radical (unpaired) electrons. The van der Waals surface area contributed by atoms with Crippen molar-refractivity contribution < 1.29 is 23.1 Å². The molecule has 1 saturated carbocycles. The summed E-state index contributed by atoms with van der Waals surface area (Å²) in [5.41, 5.74) is 2.90. The predicted molar refractivity (Wildman–Crippen MR) is 152 cm³/mol. The zero-order chi connectivity index (χ0) is 26.8. The van der Waals surface area contributed by atoms with E-state index in [2.05, 4.69) is 0 Å². The molecule has 2 aliphatic rings. The molecule has 1 N–H and O–H groups in total. The summed E-state index contributed by atoms with van der Waals surface area (Å²) in [6, 6.07) is 17.9. The Morgan fingerprint density at radius 1 is 1.03 bits per heavy atom. The van der Waals surface area contributed by atoms with Crippen molar-refractivity contribution in [1.29, 1.82) is 0 Å². The summed E-state index contributed by atoms with van der Waals surface area (Å²) in [6.07, 6.45) is 5.57. The van der Waals surface area contributed by atoms with Crippen LogP contribution in [0, 0.1) is 12.8 Å². The van der Waals surface area contributed by atoms with E-state index in [1.54, 1.807) is 17.0 Å². The lowest BCUT2D eigenvalue weighted by Crippen LogP contribution is -2.56. The number of carbonyl (C=O) groups excluding carboxylic acids is 1. The molecule has 3 aromatic rings. The van der Waals surface area contributed by atoms with Crippen LogP contribution in [0.3, 0.4) is 0 Å². The number of carbonyl (C=O) groups is 2. The third kappa shape index (κ3) is 5.35. The number of thiol groups is 1. The SMILES string of the molecule is Cc1ccc(N([C@H]2CC(=O)N(c3cc(-c4ccccc4)sc3C(=O)O)[C@H](C3CCCCC3)C2)[SH](=O)=O)cc1. The van der Waals surface area contributed by atoms with E-state index in [0.29, 0.717) is 17.8 Å². The number of thiophene rings is 1. The molecule has 2 heterocycles. The van der Waals surface area contributed by atoms with Gasteiger partial charge in [-0.25, -0.2) is 13.2 Å². The number of hydrogen-bond donors (Lipinski definition) is 2. The molecule has 2 fully saturated rings. The van der Waals surface area contributed by atoms with Crippen LogP contribution in [0.15, 0.2) is 60.7 Å². The van der Waals surface area contributed by atoms with E-state index in [-0.39, 0.29) is 29.2 Å². The molecular formula is C29H32N2O5S2. The molecule has 2 atom stereocenters. The Balaban J connectivity index is 1.56. The number of amides is 1. The third-order valence-electron chi connectivity index (χ3n) is 7.76. The van der Waals surface area contributed by atoms with Crippen molar-refractivity contribution in [2.75, 3.05) is 9.21 Å². The van der Waals surface area contributed by atoms with E-state index in [9.17, 15) is 23.1 Å². The molecule has 2 aromatic carbocycles. The summed E-state index contributed by atoms with van der Waals surface area (Å²) in [6.45, 7) is 1.94. The average Bonchev–Trinajstić information content (AvgIpc) is 3.36. The van der Waals surface area contributed by atoms with Crippen LogP contribution in [0.1, 0.15) is 60.2 Å². The highest BCUT2D eigenvalue weighted by Crippen LogP contribution is 2.44. The molecular weight excluding hydrogens is 520 g/mol. The number of carboxylic acids is 1. The molecule has 1 aromatic heterocycles. The lowest BCUT2D eigenvalue weighted by atomic mass is 9.78. The normalized spacial score (nSPS) is 20.6. The molecule has 1 aliphatic carbocycles. The summed E-state index contributed by atoms with van der Waals surface area (Å²) in [7, 11) is -2.97. The second-order valence-corrected chi connectivity index (χ2v) is 12.2. The van der Waals surface area contributed by atoms with Crippen molar-refractivity contribution in [3.63, 3.8) is 0 Å². The first-order chi connectivity index (χ1) is 18.3. The zero-order valence-corrected chi connectivity index (χ0v) is 23.0. The molecule has 9 heteroatoms. The number of aryl methyl sites for hydroxylation is 1. The van der Waals surface area contributed by atoms with Crippen LogP contribution in [0.5, 0.6) is 0 Å². The maximum absolute atomic E-state index is 13.9. The van der Waals surface area contributed by atoms with Gasteiger partial charge in [0, 0.05) is 17.3 Å². The van der Waals surface area contributed by atoms with Crippen molar-refractivity contribution >= 4 is 45.5 Å². The van der Waals surface area contributed by atoms with E-state index in [0.717, 1.165) is 48.1 Å². The second kappa shape index (κ2) is 11.3. The van der Waals surface area contributed by atoms with Crippen LogP contribution in [0.4, 0.5) is 11.4 Å². The predicted octanol–water partition coefficient (Wildman–Crippen LogP) is 5.90. The Hall–Kier alpha value is -3.17. The molecule has 5 rings (SSSR count). The first-order valence-corrected chi connectivity index (χ1v) is 15.0.